The lowest BCUT2D eigenvalue weighted by Crippen LogP contribution is -2.07. The molecule has 37 heavy (non-hydrogen) atoms. The molecule has 1 aromatic heterocycles. The number of fused-ring (bicyclic) bond motifs is 2. The number of nitriles is 1. The standard InChI is InChI=1S/C30H21N7/c31-19-20-15-17-23(18-16-20)32-28-35-29(33-26-13-5-9-21-7-1-3-11-24(21)26)37-30(36-28)34-27-14-6-10-22-8-2-4-12-25(22)27/h1-18H,(H3,32,33,34,35,36,37). The second kappa shape index (κ2) is 9.64. The predicted molar refractivity (Wildman–Crippen MR) is 149 cm³/mol. The van der Waals surface area contributed by atoms with E-state index in [0.717, 1.165) is 38.6 Å². The van der Waals surface area contributed by atoms with Crippen molar-refractivity contribution >= 4 is 56.5 Å². The molecule has 0 aliphatic carbocycles. The second-order valence-electron chi connectivity index (χ2n) is 8.42. The van der Waals surface area contributed by atoms with Crippen LogP contribution in [0.3, 0.4) is 0 Å². The molecule has 0 unspecified atom stereocenters. The minimum Gasteiger partial charge on any atom is -0.324 e. The van der Waals surface area contributed by atoms with Gasteiger partial charge >= 0.3 is 0 Å². The summed E-state index contributed by atoms with van der Waals surface area (Å²) in [7, 11) is 0. The number of anilines is 6. The van der Waals surface area contributed by atoms with Crippen LogP contribution in [-0.4, -0.2) is 15.0 Å². The third-order valence-electron chi connectivity index (χ3n) is 5.98. The Bertz CT molecular complexity index is 1660. The molecule has 0 aliphatic rings. The topological polar surface area (TPSA) is 98.5 Å². The van der Waals surface area contributed by atoms with Gasteiger partial charge < -0.3 is 16.0 Å². The van der Waals surface area contributed by atoms with Crippen molar-refractivity contribution in [3.8, 4) is 6.07 Å². The average Bonchev–Trinajstić information content (AvgIpc) is 2.94. The van der Waals surface area contributed by atoms with Crippen LogP contribution in [0.5, 0.6) is 0 Å². The zero-order valence-corrected chi connectivity index (χ0v) is 19.7. The van der Waals surface area contributed by atoms with Crippen molar-refractivity contribution in [2.45, 2.75) is 0 Å². The Morgan fingerprint density at radius 1 is 0.486 bits per heavy atom. The van der Waals surface area contributed by atoms with Gasteiger partial charge in [0.25, 0.3) is 0 Å². The summed E-state index contributed by atoms with van der Waals surface area (Å²) in [4.78, 5) is 13.9. The molecule has 7 nitrogen and oxygen atoms in total. The molecule has 0 spiro atoms. The van der Waals surface area contributed by atoms with E-state index in [1.165, 1.54) is 0 Å². The minimum absolute atomic E-state index is 0.366. The normalized spacial score (nSPS) is 10.7. The van der Waals surface area contributed by atoms with E-state index in [4.69, 9.17) is 5.26 Å². The maximum absolute atomic E-state index is 9.10. The molecular weight excluding hydrogens is 458 g/mol. The van der Waals surface area contributed by atoms with Crippen LogP contribution >= 0.6 is 0 Å². The van der Waals surface area contributed by atoms with Gasteiger partial charge in [-0.05, 0) is 47.2 Å². The Morgan fingerprint density at radius 2 is 0.946 bits per heavy atom. The van der Waals surface area contributed by atoms with Crippen LogP contribution in [0.1, 0.15) is 5.56 Å². The fourth-order valence-electron chi connectivity index (χ4n) is 4.21. The first-order chi connectivity index (χ1) is 18.2. The monoisotopic (exact) mass is 479 g/mol. The number of nitrogens with zero attached hydrogens (tertiary/aromatic N) is 4. The molecule has 0 saturated carbocycles. The van der Waals surface area contributed by atoms with Crippen LogP contribution < -0.4 is 16.0 Å². The largest absolute Gasteiger partial charge is 0.324 e. The van der Waals surface area contributed by atoms with E-state index in [9.17, 15) is 0 Å². The molecule has 0 radical (unpaired) electrons. The number of aromatic nitrogens is 3. The molecule has 6 aromatic rings. The van der Waals surface area contributed by atoms with E-state index in [2.05, 4.69) is 73.4 Å². The van der Waals surface area contributed by atoms with Crippen molar-refractivity contribution in [3.05, 3.63) is 115 Å². The van der Waals surface area contributed by atoms with Crippen molar-refractivity contribution in [2.24, 2.45) is 0 Å². The highest BCUT2D eigenvalue weighted by atomic mass is 15.3. The lowest BCUT2D eigenvalue weighted by molar-refractivity contribution is 1.07. The molecule has 0 amide bonds. The fraction of sp³-hybridized carbons (Fsp3) is 0. The Hall–Kier alpha value is -5.48. The highest BCUT2D eigenvalue weighted by Gasteiger charge is 2.11. The van der Waals surface area contributed by atoms with Crippen molar-refractivity contribution in [1.82, 2.24) is 15.0 Å². The Kier molecular flexibility index (Phi) is 5.74. The number of hydrogen-bond acceptors (Lipinski definition) is 7. The third kappa shape index (κ3) is 4.72. The molecule has 1 heterocycles. The minimum atomic E-state index is 0.366. The van der Waals surface area contributed by atoms with Gasteiger partial charge in [0.05, 0.1) is 11.6 Å². The number of nitrogens with one attached hydrogen (secondary N) is 3. The van der Waals surface area contributed by atoms with E-state index < -0.39 is 0 Å². The van der Waals surface area contributed by atoms with Gasteiger partial charge in [0.1, 0.15) is 0 Å². The number of rotatable bonds is 6. The Morgan fingerprint density at radius 3 is 1.46 bits per heavy atom. The van der Waals surface area contributed by atoms with Gasteiger partial charge in [0.2, 0.25) is 17.8 Å². The molecule has 7 heteroatoms. The van der Waals surface area contributed by atoms with Crippen molar-refractivity contribution < 1.29 is 0 Å². The van der Waals surface area contributed by atoms with E-state index in [-0.39, 0.29) is 0 Å². The molecule has 5 aromatic carbocycles. The zero-order chi connectivity index (χ0) is 25.0. The molecule has 0 aliphatic heterocycles. The van der Waals surface area contributed by atoms with Crippen LogP contribution in [0.2, 0.25) is 0 Å². The summed E-state index contributed by atoms with van der Waals surface area (Å²) in [6, 6.07) is 37.7. The quantitative estimate of drug-likeness (QED) is 0.231. The summed E-state index contributed by atoms with van der Waals surface area (Å²) in [6.45, 7) is 0. The second-order valence-corrected chi connectivity index (χ2v) is 8.42. The zero-order valence-electron chi connectivity index (χ0n) is 19.7. The van der Waals surface area contributed by atoms with Crippen LogP contribution in [-0.2, 0) is 0 Å². The van der Waals surface area contributed by atoms with Gasteiger partial charge in [-0.3, -0.25) is 0 Å². The Labute approximate surface area is 213 Å². The van der Waals surface area contributed by atoms with Crippen molar-refractivity contribution in [1.29, 1.82) is 5.26 Å². The summed E-state index contributed by atoms with van der Waals surface area (Å²) in [5.74, 6) is 1.15. The molecule has 0 bridgehead atoms. The molecule has 3 N–H and O–H groups in total. The summed E-state index contributed by atoms with van der Waals surface area (Å²) in [5, 5.41) is 23.4. The van der Waals surface area contributed by atoms with E-state index >= 15 is 0 Å². The van der Waals surface area contributed by atoms with Crippen LogP contribution in [0.4, 0.5) is 34.9 Å². The maximum atomic E-state index is 9.10. The average molecular weight is 480 g/mol. The van der Waals surface area contributed by atoms with Gasteiger partial charge in [0, 0.05) is 27.8 Å². The lowest BCUT2D eigenvalue weighted by Gasteiger charge is -2.13. The van der Waals surface area contributed by atoms with Gasteiger partial charge in [-0.15, -0.1) is 0 Å². The summed E-state index contributed by atoms with van der Waals surface area (Å²) in [6.07, 6.45) is 0. The lowest BCUT2D eigenvalue weighted by atomic mass is 10.1. The molecule has 0 atom stereocenters. The van der Waals surface area contributed by atoms with Crippen molar-refractivity contribution in [2.75, 3.05) is 16.0 Å². The van der Waals surface area contributed by atoms with Crippen molar-refractivity contribution in [3.63, 3.8) is 0 Å². The van der Waals surface area contributed by atoms with Crippen LogP contribution in [0.25, 0.3) is 21.5 Å². The summed E-state index contributed by atoms with van der Waals surface area (Å²) in [5.41, 5.74) is 3.13. The van der Waals surface area contributed by atoms with Gasteiger partial charge in [-0.2, -0.15) is 20.2 Å². The van der Waals surface area contributed by atoms with Gasteiger partial charge in [-0.1, -0.05) is 72.8 Å². The maximum Gasteiger partial charge on any atom is 0.233 e. The SMILES string of the molecule is N#Cc1ccc(Nc2nc(Nc3cccc4ccccc34)nc(Nc3cccc4ccccc34)n2)cc1. The Balaban J connectivity index is 1.40. The highest BCUT2D eigenvalue weighted by Crippen LogP contribution is 2.28. The highest BCUT2D eigenvalue weighted by molar-refractivity contribution is 5.96. The number of benzene rings is 5. The van der Waals surface area contributed by atoms with Crippen LogP contribution in [0.15, 0.2) is 109 Å². The molecule has 6 rings (SSSR count). The first kappa shape index (κ1) is 22.0. The first-order valence-corrected chi connectivity index (χ1v) is 11.8. The van der Waals surface area contributed by atoms with Gasteiger partial charge in [0.15, 0.2) is 0 Å². The first-order valence-electron chi connectivity index (χ1n) is 11.8. The predicted octanol–water partition coefficient (Wildman–Crippen LogP) is 7.28. The fourth-order valence-corrected chi connectivity index (χ4v) is 4.21. The van der Waals surface area contributed by atoms with E-state index in [1.807, 2.05) is 60.7 Å². The summed E-state index contributed by atoms with van der Waals surface area (Å²) < 4.78 is 0. The van der Waals surface area contributed by atoms with E-state index in [0.29, 0.717) is 23.4 Å². The molecule has 0 saturated heterocycles. The third-order valence-corrected chi connectivity index (χ3v) is 5.98. The van der Waals surface area contributed by atoms with E-state index in [1.54, 1.807) is 12.1 Å². The number of hydrogen-bond donors (Lipinski definition) is 3. The summed E-state index contributed by atoms with van der Waals surface area (Å²) >= 11 is 0. The van der Waals surface area contributed by atoms with Crippen LogP contribution in [0, 0.1) is 11.3 Å². The van der Waals surface area contributed by atoms with Gasteiger partial charge in [-0.25, -0.2) is 0 Å². The molecule has 176 valence electrons. The molecule has 0 fully saturated rings. The molecular formula is C30H21N7. The smallest absolute Gasteiger partial charge is 0.233 e.